The van der Waals surface area contributed by atoms with E-state index in [1.807, 2.05) is 17.9 Å². The molecule has 2 saturated heterocycles. The minimum atomic E-state index is -2.54. The fraction of sp³-hybridized carbons (Fsp3) is 0.611. The number of aromatic nitrogens is 3. The molecule has 0 aliphatic carbocycles. The van der Waals surface area contributed by atoms with Gasteiger partial charge in [-0.05, 0) is 14.0 Å². The van der Waals surface area contributed by atoms with E-state index >= 15 is 0 Å². The van der Waals surface area contributed by atoms with Crippen LogP contribution < -0.4 is 9.80 Å². The highest BCUT2D eigenvalue weighted by atomic mass is 32.1. The van der Waals surface area contributed by atoms with Gasteiger partial charge in [0.25, 0.3) is 5.92 Å². The van der Waals surface area contributed by atoms with Gasteiger partial charge in [0.1, 0.15) is 18.0 Å². The Morgan fingerprint density at radius 2 is 1.85 bits per heavy atom. The van der Waals surface area contributed by atoms with Crippen LogP contribution in [-0.4, -0.2) is 65.0 Å². The van der Waals surface area contributed by atoms with Crippen molar-refractivity contribution in [2.24, 2.45) is 0 Å². The smallest absolute Gasteiger partial charge is 0.251 e. The maximum absolute atomic E-state index is 13.4. The first kappa shape index (κ1) is 18.5. The third-order valence-electron chi connectivity index (χ3n) is 5.34. The Balaban J connectivity index is 1.33. The first-order chi connectivity index (χ1) is 12.9. The van der Waals surface area contributed by atoms with Gasteiger partial charge in [-0.3, -0.25) is 4.90 Å². The highest BCUT2D eigenvalue weighted by molar-refractivity contribution is 7.09. The minimum Gasteiger partial charge on any atom is -0.356 e. The van der Waals surface area contributed by atoms with Crippen molar-refractivity contribution in [1.29, 1.82) is 0 Å². The van der Waals surface area contributed by atoms with Crippen molar-refractivity contribution in [1.82, 2.24) is 19.9 Å². The molecule has 0 unspecified atom stereocenters. The second kappa shape index (κ2) is 7.27. The van der Waals surface area contributed by atoms with E-state index < -0.39 is 5.92 Å². The van der Waals surface area contributed by atoms with E-state index in [1.165, 1.54) is 6.33 Å². The molecule has 0 atom stereocenters. The highest BCUT2D eigenvalue weighted by Crippen LogP contribution is 2.31. The second-order valence-electron chi connectivity index (χ2n) is 7.41. The maximum atomic E-state index is 13.4. The van der Waals surface area contributed by atoms with E-state index in [9.17, 15) is 8.78 Å². The van der Waals surface area contributed by atoms with Gasteiger partial charge in [0, 0.05) is 63.1 Å². The molecule has 4 rings (SSSR count). The number of hydrogen-bond acceptors (Lipinski definition) is 7. The molecule has 0 bridgehead atoms. The molecule has 2 aliphatic heterocycles. The molecule has 0 saturated carbocycles. The fourth-order valence-corrected chi connectivity index (χ4v) is 4.14. The topological polar surface area (TPSA) is 48.4 Å². The van der Waals surface area contributed by atoms with E-state index in [-0.39, 0.29) is 12.8 Å². The van der Waals surface area contributed by atoms with Gasteiger partial charge >= 0.3 is 0 Å². The molecule has 0 radical (unpaired) electrons. The molecular formula is C18H24F2N6S. The van der Waals surface area contributed by atoms with Gasteiger partial charge < -0.3 is 9.80 Å². The number of anilines is 2. The predicted octanol–water partition coefficient (Wildman–Crippen LogP) is 2.80. The molecule has 27 heavy (non-hydrogen) atoms. The monoisotopic (exact) mass is 394 g/mol. The van der Waals surface area contributed by atoms with Gasteiger partial charge in [0.2, 0.25) is 0 Å². The summed E-state index contributed by atoms with van der Waals surface area (Å²) >= 11 is 1.68. The van der Waals surface area contributed by atoms with Crippen molar-refractivity contribution < 1.29 is 8.78 Å². The van der Waals surface area contributed by atoms with Gasteiger partial charge in [-0.2, -0.15) is 0 Å². The lowest BCUT2D eigenvalue weighted by molar-refractivity contribution is -0.0221. The SMILES string of the molecule is Cc1nc(CN(C)C2CN(c3cc(N4CCC(F)(F)CC4)ncn3)C2)cs1. The molecule has 2 fully saturated rings. The van der Waals surface area contributed by atoms with Crippen molar-refractivity contribution in [3.8, 4) is 0 Å². The van der Waals surface area contributed by atoms with Gasteiger partial charge in [-0.15, -0.1) is 11.3 Å². The number of nitrogens with zero attached hydrogens (tertiary/aromatic N) is 6. The zero-order chi connectivity index (χ0) is 19.0. The summed E-state index contributed by atoms with van der Waals surface area (Å²) < 4.78 is 26.7. The van der Waals surface area contributed by atoms with Crippen LogP contribution in [0.15, 0.2) is 17.8 Å². The van der Waals surface area contributed by atoms with E-state index in [1.54, 1.807) is 11.3 Å². The van der Waals surface area contributed by atoms with Gasteiger partial charge in [0.15, 0.2) is 0 Å². The van der Waals surface area contributed by atoms with Crippen LogP contribution >= 0.6 is 11.3 Å². The molecule has 6 nitrogen and oxygen atoms in total. The Morgan fingerprint density at radius 3 is 2.48 bits per heavy atom. The Morgan fingerprint density at radius 1 is 1.19 bits per heavy atom. The van der Waals surface area contributed by atoms with Crippen LogP contribution in [0.3, 0.4) is 0 Å². The van der Waals surface area contributed by atoms with Crippen molar-refractivity contribution in [2.45, 2.75) is 38.3 Å². The molecule has 2 aromatic heterocycles. The summed E-state index contributed by atoms with van der Waals surface area (Å²) in [4.78, 5) is 19.6. The number of piperidine rings is 1. The van der Waals surface area contributed by atoms with Crippen LogP contribution in [0.5, 0.6) is 0 Å². The summed E-state index contributed by atoms with van der Waals surface area (Å²) in [7, 11) is 2.12. The van der Waals surface area contributed by atoms with E-state index in [0.717, 1.165) is 42.0 Å². The third kappa shape index (κ3) is 4.19. The molecule has 0 aromatic carbocycles. The van der Waals surface area contributed by atoms with Gasteiger partial charge in [-0.25, -0.2) is 23.7 Å². The summed E-state index contributed by atoms with van der Waals surface area (Å²) in [5, 5.41) is 3.21. The first-order valence-electron chi connectivity index (χ1n) is 9.21. The number of aryl methyl sites for hydroxylation is 1. The number of hydrogen-bond donors (Lipinski definition) is 0. The van der Waals surface area contributed by atoms with Crippen LogP contribution in [0.25, 0.3) is 0 Å². The largest absolute Gasteiger partial charge is 0.356 e. The van der Waals surface area contributed by atoms with Crippen LogP contribution in [0.4, 0.5) is 20.4 Å². The zero-order valence-corrected chi connectivity index (χ0v) is 16.4. The van der Waals surface area contributed by atoms with Crippen LogP contribution in [0.1, 0.15) is 23.5 Å². The summed E-state index contributed by atoms with van der Waals surface area (Å²) in [6, 6.07) is 2.38. The van der Waals surface area contributed by atoms with Crippen LogP contribution in [0.2, 0.25) is 0 Å². The number of likely N-dealkylation sites (N-methyl/N-ethyl adjacent to an activating group) is 1. The Bertz CT molecular complexity index is 782. The number of halogens is 2. The minimum absolute atomic E-state index is 0.112. The average Bonchev–Trinajstić information content (AvgIpc) is 2.98. The summed E-state index contributed by atoms with van der Waals surface area (Å²) in [5.41, 5.74) is 1.12. The first-order valence-corrected chi connectivity index (χ1v) is 10.1. The molecule has 0 amide bonds. The molecule has 9 heteroatoms. The van der Waals surface area contributed by atoms with Crippen LogP contribution in [-0.2, 0) is 6.54 Å². The molecular weight excluding hydrogens is 370 g/mol. The highest BCUT2D eigenvalue weighted by Gasteiger charge is 2.35. The molecule has 0 spiro atoms. The van der Waals surface area contributed by atoms with E-state index in [4.69, 9.17) is 0 Å². The third-order valence-corrected chi connectivity index (χ3v) is 6.17. The number of rotatable bonds is 5. The Kier molecular flexibility index (Phi) is 4.98. The molecule has 4 heterocycles. The lowest BCUT2D eigenvalue weighted by Crippen LogP contribution is -2.58. The maximum Gasteiger partial charge on any atom is 0.251 e. The lowest BCUT2D eigenvalue weighted by Gasteiger charge is -2.44. The van der Waals surface area contributed by atoms with Crippen molar-refractivity contribution in [3.05, 3.63) is 28.5 Å². The summed E-state index contributed by atoms with van der Waals surface area (Å²) in [6.45, 7) is 5.33. The Hall–Kier alpha value is -1.87. The van der Waals surface area contributed by atoms with Gasteiger partial charge in [0.05, 0.1) is 10.7 Å². The van der Waals surface area contributed by atoms with E-state index in [0.29, 0.717) is 19.1 Å². The summed E-state index contributed by atoms with van der Waals surface area (Å²) in [5.74, 6) is -0.936. The number of alkyl halides is 2. The summed E-state index contributed by atoms with van der Waals surface area (Å²) in [6.07, 6.45) is 1.31. The zero-order valence-electron chi connectivity index (χ0n) is 15.6. The fourth-order valence-electron chi connectivity index (χ4n) is 3.53. The average molecular weight is 394 g/mol. The van der Waals surface area contributed by atoms with E-state index in [2.05, 4.69) is 37.2 Å². The standard InChI is InChI=1S/C18H24F2N6S/c1-13-23-14(11-27-13)8-24(2)15-9-26(10-15)17-7-16(21-12-22-17)25-5-3-18(19,20)4-6-25/h7,11-12,15H,3-6,8-10H2,1-2H3. The quantitative estimate of drug-likeness (QED) is 0.777. The molecule has 146 valence electrons. The molecule has 2 aromatic rings. The molecule has 2 aliphatic rings. The lowest BCUT2D eigenvalue weighted by atomic mass is 10.1. The normalized spacial score (nSPS) is 20.2. The van der Waals surface area contributed by atoms with Gasteiger partial charge in [-0.1, -0.05) is 0 Å². The Labute approximate surface area is 161 Å². The van der Waals surface area contributed by atoms with Crippen LogP contribution in [0, 0.1) is 6.92 Å². The predicted molar refractivity (Wildman–Crippen MR) is 103 cm³/mol. The number of thiazole rings is 1. The van der Waals surface area contributed by atoms with Crippen molar-refractivity contribution in [3.63, 3.8) is 0 Å². The second-order valence-corrected chi connectivity index (χ2v) is 8.47. The molecule has 0 N–H and O–H groups in total. The van der Waals surface area contributed by atoms with Crippen molar-refractivity contribution in [2.75, 3.05) is 43.0 Å². The van der Waals surface area contributed by atoms with Crippen molar-refractivity contribution >= 4 is 23.0 Å².